The first kappa shape index (κ1) is 15.4. The minimum absolute atomic E-state index is 0.0639. The molecule has 1 rings (SSSR count). The summed E-state index contributed by atoms with van der Waals surface area (Å²) in [4.78, 5) is 22.3. The van der Waals surface area contributed by atoms with Gasteiger partial charge in [-0.05, 0) is 18.6 Å². The molecule has 0 bridgehead atoms. The zero-order valence-corrected chi connectivity index (χ0v) is 11.7. The third-order valence-electron chi connectivity index (χ3n) is 3.12. The summed E-state index contributed by atoms with van der Waals surface area (Å²) in [5, 5.41) is 2.90. The summed E-state index contributed by atoms with van der Waals surface area (Å²) in [6.07, 6.45) is 8.07. The van der Waals surface area contributed by atoms with E-state index in [1.165, 1.54) is 32.1 Å². The fraction of sp³-hybridized carbons (Fsp3) is 0.500. The van der Waals surface area contributed by atoms with Crippen molar-refractivity contribution in [1.29, 1.82) is 0 Å². The molecule has 0 fully saturated rings. The van der Waals surface area contributed by atoms with Crippen LogP contribution in [0.5, 0.6) is 0 Å². The minimum Gasteiger partial charge on any atom is -0.352 e. The van der Waals surface area contributed by atoms with Gasteiger partial charge in [0.05, 0.1) is 0 Å². The molecule has 1 amide bonds. The van der Waals surface area contributed by atoms with Crippen LogP contribution in [0.25, 0.3) is 0 Å². The predicted molar refractivity (Wildman–Crippen MR) is 77.5 cm³/mol. The SMILES string of the molecule is CCCCCCCCNC(=O)c1ccc(C=O)cc1. The monoisotopic (exact) mass is 261 g/mol. The second-order valence-corrected chi connectivity index (χ2v) is 4.76. The van der Waals surface area contributed by atoms with Crippen molar-refractivity contribution in [2.45, 2.75) is 45.4 Å². The molecule has 0 heterocycles. The topological polar surface area (TPSA) is 46.2 Å². The number of aldehydes is 1. The van der Waals surface area contributed by atoms with Crippen LogP contribution in [0, 0.1) is 0 Å². The average Bonchev–Trinajstić information content (AvgIpc) is 2.46. The lowest BCUT2D eigenvalue weighted by Gasteiger charge is -2.05. The fourth-order valence-corrected chi connectivity index (χ4v) is 1.92. The zero-order chi connectivity index (χ0) is 13.9. The number of hydrogen-bond acceptors (Lipinski definition) is 2. The first-order chi connectivity index (χ1) is 9.27. The highest BCUT2D eigenvalue weighted by Crippen LogP contribution is 2.05. The van der Waals surface area contributed by atoms with Crippen molar-refractivity contribution in [1.82, 2.24) is 5.32 Å². The first-order valence-corrected chi connectivity index (χ1v) is 7.11. The largest absolute Gasteiger partial charge is 0.352 e. The summed E-state index contributed by atoms with van der Waals surface area (Å²) in [6, 6.07) is 6.68. The van der Waals surface area contributed by atoms with Crippen LogP contribution in [0.2, 0.25) is 0 Å². The second-order valence-electron chi connectivity index (χ2n) is 4.76. The van der Waals surface area contributed by atoms with Crippen LogP contribution in [0.3, 0.4) is 0 Å². The molecule has 0 spiro atoms. The van der Waals surface area contributed by atoms with E-state index in [4.69, 9.17) is 0 Å². The lowest BCUT2D eigenvalue weighted by Crippen LogP contribution is -2.24. The fourth-order valence-electron chi connectivity index (χ4n) is 1.92. The molecule has 3 heteroatoms. The number of rotatable bonds is 9. The first-order valence-electron chi connectivity index (χ1n) is 7.11. The zero-order valence-electron chi connectivity index (χ0n) is 11.7. The molecule has 3 nitrogen and oxygen atoms in total. The van der Waals surface area contributed by atoms with Gasteiger partial charge in [-0.2, -0.15) is 0 Å². The maximum Gasteiger partial charge on any atom is 0.251 e. The van der Waals surface area contributed by atoms with Crippen molar-refractivity contribution < 1.29 is 9.59 Å². The van der Waals surface area contributed by atoms with Gasteiger partial charge in [-0.1, -0.05) is 51.2 Å². The van der Waals surface area contributed by atoms with Gasteiger partial charge in [0.25, 0.3) is 5.91 Å². The molecule has 0 aromatic heterocycles. The Morgan fingerprint density at radius 1 is 1.05 bits per heavy atom. The van der Waals surface area contributed by atoms with Gasteiger partial charge < -0.3 is 5.32 Å². The Balaban J connectivity index is 2.18. The van der Waals surface area contributed by atoms with Crippen LogP contribution in [0.15, 0.2) is 24.3 Å². The van der Waals surface area contributed by atoms with E-state index in [9.17, 15) is 9.59 Å². The summed E-state index contributed by atoms with van der Waals surface area (Å²) in [7, 11) is 0. The van der Waals surface area contributed by atoms with Gasteiger partial charge in [-0.25, -0.2) is 0 Å². The van der Waals surface area contributed by atoms with E-state index in [1.807, 2.05) is 0 Å². The molecule has 0 saturated heterocycles. The second kappa shape index (κ2) is 9.31. The molecule has 0 radical (unpaired) electrons. The number of carbonyl (C=O) groups excluding carboxylic acids is 2. The predicted octanol–water partition coefficient (Wildman–Crippen LogP) is 3.59. The van der Waals surface area contributed by atoms with Crippen LogP contribution in [0.1, 0.15) is 66.2 Å². The Hall–Kier alpha value is -1.64. The lowest BCUT2D eigenvalue weighted by molar-refractivity contribution is 0.0952. The van der Waals surface area contributed by atoms with Crippen LogP contribution in [-0.4, -0.2) is 18.7 Å². The number of benzene rings is 1. The Morgan fingerprint density at radius 3 is 2.32 bits per heavy atom. The van der Waals surface area contributed by atoms with E-state index in [2.05, 4.69) is 12.2 Å². The van der Waals surface area contributed by atoms with Crippen LogP contribution in [-0.2, 0) is 0 Å². The summed E-state index contributed by atoms with van der Waals surface area (Å²) in [6.45, 7) is 2.93. The highest BCUT2D eigenvalue weighted by molar-refractivity contribution is 5.94. The molecule has 1 N–H and O–H groups in total. The van der Waals surface area contributed by atoms with Gasteiger partial charge in [0.2, 0.25) is 0 Å². The molecule has 0 aliphatic rings. The van der Waals surface area contributed by atoms with E-state index in [0.717, 1.165) is 19.3 Å². The van der Waals surface area contributed by atoms with Crippen molar-refractivity contribution in [3.63, 3.8) is 0 Å². The van der Waals surface area contributed by atoms with Gasteiger partial charge in [0, 0.05) is 17.7 Å². The minimum atomic E-state index is -0.0639. The van der Waals surface area contributed by atoms with Gasteiger partial charge in [0.1, 0.15) is 6.29 Å². The molecular weight excluding hydrogens is 238 g/mol. The lowest BCUT2D eigenvalue weighted by atomic mass is 10.1. The van der Waals surface area contributed by atoms with E-state index in [1.54, 1.807) is 24.3 Å². The molecule has 0 aliphatic heterocycles. The molecule has 0 aliphatic carbocycles. The molecule has 0 atom stereocenters. The van der Waals surface area contributed by atoms with E-state index in [0.29, 0.717) is 11.1 Å². The van der Waals surface area contributed by atoms with Crippen LogP contribution in [0.4, 0.5) is 0 Å². The molecule has 1 aromatic rings. The third-order valence-corrected chi connectivity index (χ3v) is 3.12. The number of carbonyl (C=O) groups is 2. The van der Waals surface area contributed by atoms with Crippen molar-refractivity contribution in [2.24, 2.45) is 0 Å². The molecule has 104 valence electrons. The molecule has 0 unspecified atom stereocenters. The quantitative estimate of drug-likeness (QED) is 0.545. The van der Waals surface area contributed by atoms with Gasteiger partial charge in [0.15, 0.2) is 0 Å². The van der Waals surface area contributed by atoms with Gasteiger partial charge in [-0.3, -0.25) is 9.59 Å². The number of hydrogen-bond donors (Lipinski definition) is 1. The summed E-state index contributed by atoms with van der Waals surface area (Å²) >= 11 is 0. The van der Waals surface area contributed by atoms with E-state index < -0.39 is 0 Å². The molecular formula is C16H23NO2. The molecule has 1 aromatic carbocycles. The molecule has 19 heavy (non-hydrogen) atoms. The van der Waals surface area contributed by atoms with Crippen molar-refractivity contribution in [3.8, 4) is 0 Å². The summed E-state index contributed by atoms with van der Waals surface area (Å²) in [5.41, 5.74) is 1.20. The highest BCUT2D eigenvalue weighted by Gasteiger charge is 2.03. The third kappa shape index (κ3) is 6.18. The Bertz CT molecular complexity index is 384. The van der Waals surface area contributed by atoms with E-state index in [-0.39, 0.29) is 5.91 Å². The smallest absolute Gasteiger partial charge is 0.251 e. The normalized spacial score (nSPS) is 10.2. The van der Waals surface area contributed by atoms with E-state index >= 15 is 0 Å². The van der Waals surface area contributed by atoms with Crippen molar-refractivity contribution in [3.05, 3.63) is 35.4 Å². The summed E-state index contributed by atoms with van der Waals surface area (Å²) in [5.74, 6) is -0.0639. The Kier molecular flexibility index (Phi) is 7.56. The highest BCUT2D eigenvalue weighted by atomic mass is 16.1. The maximum atomic E-state index is 11.8. The Morgan fingerprint density at radius 2 is 1.68 bits per heavy atom. The van der Waals surface area contributed by atoms with Crippen molar-refractivity contribution >= 4 is 12.2 Å². The number of amides is 1. The van der Waals surface area contributed by atoms with Crippen molar-refractivity contribution in [2.75, 3.05) is 6.54 Å². The number of nitrogens with one attached hydrogen (secondary N) is 1. The van der Waals surface area contributed by atoms with Gasteiger partial charge in [-0.15, -0.1) is 0 Å². The molecule has 0 saturated carbocycles. The van der Waals surface area contributed by atoms with Crippen LogP contribution >= 0.6 is 0 Å². The summed E-state index contributed by atoms with van der Waals surface area (Å²) < 4.78 is 0. The standard InChI is InChI=1S/C16H23NO2/c1-2-3-4-5-6-7-12-17-16(19)15-10-8-14(13-18)9-11-15/h8-11,13H,2-7,12H2,1H3,(H,17,19). The Labute approximate surface area is 115 Å². The number of unbranched alkanes of at least 4 members (excludes halogenated alkanes) is 5. The maximum absolute atomic E-state index is 11.8. The van der Waals surface area contributed by atoms with Crippen LogP contribution < -0.4 is 5.32 Å². The average molecular weight is 261 g/mol. The van der Waals surface area contributed by atoms with Gasteiger partial charge >= 0.3 is 0 Å².